The van der Waals surface area contributed by atoms with Gasteiger partial charge in [0.25, 0.3) is 0 Å². The van der Waals surface area contributed by atoms with Crippen molar-refractivity contribution in [3.8, 4) is 11.8 Å². The Morgan fingerprint density at radius 2 is 2.04 bits per heavy atom. The lowest BCUT2D eigenvalue weighted by molar-refractivity contribution is -0.117. The zero-order valence-corrected chi connectivity index (χ0v) is 16.2. The molecule has 0 atom stereocenters. The molecule has 0 fully saturated rings. The maximum atomic E-state index is 12.7. The highest BCUT2D eigenvalue weighted by Gasteiger charge is 2.17. The Morgan fingerprint density at radius 3 is 2.71 bits per heavy atom. The van der Waals surface area contributed by atoms with E-state index in [0.29, 0.717) is 29.5 Å². The number of amides is 1. The van der Waals surface area contributed by atoms with Crippen molar-refractivity contribution < 1.29 is 4.79 Å². The third-order valence-electron chi connectivity index (χ3n) is 4.26. The summed E-state index contributed by atoms with van der Waals surface area (Å²) in [5.74, 6) is 0.163. The lowest BCUT2D eigenvalue weighted by Gasteiger charge is -2.20. The van der Waals surface area contributed by atoms with Crippen LogP contribution in [0.4, 0.5) is 5.82 Å². The first-order chi connectivity index (χ1) is 13.6. The van der Waals surface area contributed by atoms with Crippen molar-refractivity contribution >= 4 is 23.3 Å². The molecule has 0 radical (unpaired) electrons. The monoisotopic (exact) mass is 393 g/mol. The van der Waals surface area contributed by atoms with Gasteiger partial charge in [0.15, 0.2) is 5.82 Å². The largest absolute Gasteiger partial charge is 0.308 e. The minimum absolute atomic E-state index is 0.188. The summed E-state index contributed by atoms with van der Waals surface area (Å²) in [7, 11) is 0. The zero-order chi connectivity index (χ0) is 19.9. The molecule has 1 N–H and O–H groups in total. The number of nitrogens with zero attached hydrogens (tertiary/aromatic N) is 4. The number of anilines is 1. The quantitative estimate of drug-likeness (QED) is 0.661. The van der Waals surface area contributed by atoms with E-state index in [4.69, 9.17) is 11.6 Å². The fourth-order valence-electron chi connectivity index (χ4n) is 2.86. The van der Waals surface area contributed by atoms with E-state index in [1.807, 2.05) is 66.4 Å². The number of benzene rings is 2. The van der Waals surface area contributed by atoms with E-state index in [1.54, 1.807) is 4.68 Å². The summed E-state index contributed by atoms with van der Waals surface area (Å²) >= 11 is 6.04. The number of likely N-dealkylation sites (N-methyl/N-ethyl adjacent to an activating group) is 1. The molecule has 0 saturated heterocycles. The van der Waals surface area contributed by atoms with Crippen LogP contribution in [0.3, 0.4) is 0 Å². The molecule has 3 aromatic rings. The Balaban J connectivity index is 1.74. The normalized spacial score (nSPS) is 10.6. The highest BCUT2D eigenvalue weighted by Crippen LogP contribution is 2.19. The predicted molar refractivity (Wildman–Crippen MR) is 109 cm³/mol. The summed E-state index contributed by atoms with van der Waals surface area (Å²) in [5, 5.41) is 17.1. The van der Waals surface area contributed by atoms with Crippen molar-refractivity contribution in [2.75, 3.05) is 18.4 Å². The average Bonchev–Trinajstić information content (AvgIpc) is 3.10. The topological polar surface area (TPSA) is 74.0 Å². The molecule has 0 spiro atoms. The summed E-state index contributed by atoms with van der Waals surface area (Å²) in [6.07, 6.45) is 1.45. The third kappa shape index (κ3) is 4.77. The van der Waals surface area contributed by atoms with Crippen molar-refractivity contribution in [3.05, 3.63) is 76.9 Å². The highest BCUT2D eigenvalue weighted by molar-refractivity contribution is 6.30. The number of carbonyl (C=O) groups excluding carboxylic acids is 1. The molecule has 0 aliphatic rings. The van der Waals surface area contributed by atoms with Crippen LogP contribution in [0.1, 0.15) is 18.1 Å². The van der Waals surface area contributed by atoms with Gasteiger partial charge in [0.1, 0.15) is 11.6 Å². The number of carbonyl (C=O) groups is 1. The molecule has 6 nitrogen and oxygen atoms in total. The fraction of sp³-hybridized carbons (Fsp3) is 0.190. The zero-order valence-electron chi connectivity index (χ0n) is 15.5. The molecular weight excluding hydrogens is 374 g/mol. The van der Waals surface area contributed by atoms with Gasteiger partial charge in [-0.05, 0) is 36.4 Å². The molecule has 3 rings (SSSR count). The number of halogens is 1. The van der Waals surface area contributed by atoms with Gasteiger partial charge in [-0.3, -0.25) is 9.69 Å². The van der Waals surface area contributed by atoms with Crippen LogP contribution in [0.15, 0.2) is 60.8 Å². The predicted octanol–water partition coefficient (Wildman–Crippen LogP) is 3.86. The molecule has 1 aromatic heterocycles. The van der Waals surface area contributed by atoms with Crippen LogP contribution in [0.5, 0.6) is 0 Å². The molecule has 0 saturated carbocycles. The number of para-hydroxylation sites is 1. The molecule has 0 unspecified atom stereocenters. The molecule has 2 aromatic carbocycles. The summed E-state index contributed by atoms with van der Waals surface area (Å²) in [5.41, 5.74) is 2.12. The minimum atomic E-state index is -0.210. The summed E-state index contributed by atoms with van der Waals surface area (Å²) in [6.45, 7) is 3.48. The molecule has 1 heterocycles. The number of aromatic nitrogens is 2. The van der Waals surface area contributed by atoms with E-state index in [1.165, 1.54) is 6.20 Å². The number of hydrogen-bond donors (Lipinski definition) is 1. The SMILES string of the molecule is CCN(CC(=O)Nc1c(C#N)cnn1-c1ccccc1)Cc1cccc(Cl)c1. The molecule has 0 bridgehead atoms. The summed E-state index contributed by atoms with van der Waals surface area (Å²) in [6, 6.07) is 19.0. The second kappa shape index (κ2) is 9.18. The summed E-state index contributed by atoms with van der Waals surface area (Å²) < 4.78 is 1.56. The number of rotatable bonds is 7. The van der Waals surface area contributed by atoms with Gasteiger partial charge >= 0.3 is 0 Å². The molecule has 1 amide bonds. The molecule has 7 heteroatoms. The van der Waals surface area contributed by atoms with Crippen LogP contribution in [-0.4, -0.2) is 33.7 Å². The van der Waals surface area contributed by atoms with Crippen molar-refractivity contribution in [1.29, 1.82) is 5.26 Å². The average molecular weight is 394 g/mol. The number of hydrogen-bond acceptors (Lipinski definition) is 4. The van der Waals surface area contributed by atoms with Gasteiger partial charge in [0, 0.05) is 11.6 Å². The van der Waals surface area contributed by atoms with Crippen LogP contribution in [0.2, 0.25) is 5.02 Å². The van der Waals surface area contributed by atoms with Gasteiger partial charge in [0.05, 0.1) is 18.4 Å². The molecule has 142 valence electrons. The van der Waals surface area contributed by atoms with E-state index in [2.05, 4.69) is 16.5 Å². The third-order valence-corrected chi connectivity index (χ3v) is 4.49. The minimum Gasteiger partial charge on any atom is -0.308 e. The van der Waals surface area contributed by atoms with Gasteiger partial charge in [-0.1, -0.05) is 48.9 Å². The maximum Gasteiger partial charge on any atom is 0.239 e. The first-order valence-corrected chi connectivity index (χ1v) is 9.28. The van der Waals surface area contributed by atoms with Gasteiger partial charge in [-0.2, -0.15) is 10.4 Å². The molecule has 0 aliphatic heterocycles. The second-order valence-electron chi connectivity index (χ2n) is 6.25. The summed E-state index contributed by atoms with van der Waals surface area (Å²) in [4.78, 5) is 14.7. The van der Waals surface area contributed by atoms with Gasteiger partial charge in [0.2, 0.25) is 5.91 Å². The standard InChI is InChI=1S/C21H20ClN5O/c1-2-26(14-16-7-6-8-18(22)11-16)15-20(28)25-21-17(12-23)13-24-27(21)19-9-4-3-5-10-19/h3-11,13H,2,14-15H2,1H3,(H,25,28). The lowest BCUT2D eigenvalue weighted by Crippen LogP contribution is -2.33. The molecule has 28 heavy (non-hydrogen) atoms. The van der Waals surface area contributed by atoms with Crippen LogP contribution in [-0.2, 0) is 11.3 Å². The van der Waals surface area contributed by atoms with Gasteiger partial charge in [-0.25, -0.2) is 4.68 Å². The van der Waals surface area contributed by atoms with E-state index in [9.17, 15) is 10.1 Å². The lowest BCUT2D eigenvalue weighted by atomic mass is 10.2. The van der Waals surface area contributed by atoms with E-state index in [0.717, 1.165) is 11.3 Å². The molecular formula is C21H20ClN5O. The van der Waals surface area contributed by atoms with Crippen LogP contribution in [0, 0.1) is 11.3 Å². The van der Waals surface area contributed by atoms with E-state index >= 15 is 0 Å². The number of nitrogens with one attached hydrogen (secondary N) is 1. The Labute approximate surface area is 169 Å². The van der Waals surface area contributed by atoms with Crippen LogP contribution < -0.4 is 5.32 Å². The Bertz CT molecular complexity index is 994. The number of nitriles is 1. The first kappa shape index (κ1) is 19.6. The van der Waals surface area contributed by atoms with Crippen molar-refractivity contribution in [3.63, 3.8) is 0 Å². The van der Waals surface area contributed by atoms with Crippen molar-refractivity contribution in [2.24, 2.45) is 0 Å². The Morgan fingerprint density at radius 1 is 1.25 bits per heavy atom. The van der Waals surface area contributed by atoms with Crippen molar-refractivity contribution in [1.82, 2.24) is 14.7 Å². The Kier molecular flexibility index (Phi) is 6.43. The van der Waals surface area contributed by atoms with Gasteiger partial charge in [-0.15, -0.1) is 0 Å². The fourth-order valence-corrected chi connectivity index (χ4v) is 3.08. The molecule has 0 aliphatic carbocycles. The van der Waals surface area contributed by atoms with Crippen molar-refractivity contribution in [2.45, 2.75) is 13.5 Å². The van der Waals surface area contributed by atoms with Crippen LogP contribution in [0.25, 0.3) is 5.69 Å². The second-order valence-corrected chi connectivity index (χ2v) is 6.68. The smallest absolute Gasteiger partial charge is 0.239 e. The van der Waals surface area contributed by atoms with E-state index in [-0.39, 0.29) is 12.5 Å². The van der Waals surface area contributed by atoms with Crippen LogP contribution >= 0.6 is 11.6 Å². The first-order valence-electron chi connectivity index (χ1n) is 8.91. The van der Waals surface area contributed by atoms with E-state index < -0.39 is 0 Å². The maximum absolute atomic E-state index is 12.7. The highest BCUT2D eigenvalue weighted by atomic mass is 35.5. The van der Waals surface area contributed by atoms with Gasteiger partial charge < -0.3 is 5.32 Å². The Hall–Kier alpha value is -3.14.